The molecular formula is C23H33N3O6S. The van der Waals surface area contributed by atoms with E-state index in [0.29, 0.717) is 13.1 Å². The minimum atomic E-state index is -3.75. The summed E-state index contributed by atoms with van der Waals surface area (Å²) in [6.45, 7) is 4.27. The lowest BCUT2D eigenvalue weighted by molar-refractivity contribution is -0.123. The van der Waals surface area contributed by atoms with Gasteiger partial charge in [0.1, 0.15) is 0 Å². The van der Waals surface area contributed by atoms with Crippen molar-refractivity contribution >= 4 is 27.9 Å². The summed E-state index contributed by atoms with van der Waals surface area (Å²) in [6.07, 6.45) is 5.96. The fraction of sp³-hybridized carbons (Fsp3) is 0.609. The Balaban J connectivity index is 1.54. The van der Waals surface area contributed by atoms with Crippen LogP contribution in [-0.4, -0.2) is 56.4 Å². The highest BCUT2D eigenvalue weighted by atomic mass is 32.2. The summed E-state index contributed by atoms with van der Waals surface area (Å²) in [7, 11) is -3.75. The van der Waals surface area contributed by atoms with Crippen LogP contribution in [0.1, 0.15) is 62.7 Å². The highest BCUT2D eigenvalue weighted by Gasteiger charge is 2.32. The maximum absolute atomic E-state index is 13.1. The molecule has 1 heterocycles. The molecule has 2 N–H and O–H groups in total. The minimum Gasteiger partial charge on any atom is -0.452 e. The van der Waals surface area contributed by atoms with Crippen LogP contribution in [0.2, 0.25) is 0 Å². The average molecular weight is 480 g/mol. The summed E-state index contributed by atoms with van der Waals surface area (Å²) in [5.74, 6) is -1.08. The summed E-state index contributed by atoms with van der Waals surface area (Å²) in [6, 6.07) is 5.04. The van der Waals surface area contributed by atoms with Gasteiger partial charge in [0.25, 0.3) is 5.91 Å². The standard InChI is InChI=1S/C23H33N3O6S/c1-16-11-17(2)14-26(13-16)33(30,31)20-10-6-7-18(12-20)22(28)32-15-21(27)25-23(29)24-19-8-4-3-5-9-19/h6-7,10,12,16-17,19H,3-5,8-9,11,13-15H2,1-2H3,(H2,24,25,27,29). The van der Waals surface area contributed by atoms with Gasteiger partial charge in [0.15, 0.2) is 6.61 Å². The number of carbonyl (C=O) groups excluding carboxylic acids is 3. The summed E-state index contributed by atoms with van der Waals surface area (Å²) in [5, 5.41) is 4.90. The van der Waals surface area contributed by atoms with Gasteiger partial charge in [-0.15, -0.1) is 0 Å². The third kappa shape index (κ3) is 7.01. The van der Waals surface area contributed by atoms with E-state index in [1.54, 1.807) is 0 Å². The Kier molecular flexibility index (Phi) is 8.47. The number of imide groups is 1. The van der Waals surface area contributed by atoms with Gasteiger partial charge in [0.05, 0.1) is 10.5 Å². The van der Waals surface area contributed by atoms with Crippen LogP contribution in [0, 0.1) is 11.8 Å². The Hall–Kier alpha value is -2.46. The second-order valence-electron chi connectivity index (χ2n) is 9.23. The molecule has 0 spiro atoms. The zero-order chi connectivity index (χ0) is 24.0. The summed E-state index contributed by atoms with van der Waals surface area (Å²) in [5.41, 5.74) is 0.0219. The molecule has 1 saturated heterocycles. The van der Waals surface area contributed by atoms with E-state index < -0.39 is 34.5 Å². The SMILES string of the molecule is CC1CC(C)CN(S(=O)(=O)c2cccc(C(=O)OCC(=O)NC(=O)NC3CCCCC3)c2)C1. The molecule has 2 fully saturated rings. The number of sulfonamides is 1. The molecule has 3 rings (SSSR count). The third-order valence-electron chi connectivity index (χ3n) is 6.07. The van der Waals surface area contributed by atoms with Crippen molar-refractivity contribution in [3.8, 4) is 0 Å². The molecule has 10 heteroatoms. The van der Waals surface area contributed by atoms with Crippen molar-refractivity contribution in [2.75, 3.05) is 19.7 Å². The predicted molar refractivity (Wildman–Crippen MR) is 122 cm³/mol. The Morgan fingerprint density at radius 3 is 2.39 bits per heavy atom. The number of piperidine rings is 1. The lowest BCUT2D eigenvalue weighted by atomic mass is 9.94. The number of hydrogen-bond acceptors (Lipinski definition) is 6. The molecule has 1 aromatic rings. The second-order valence-corrected chi connectivity index (χ2v) is 11.2. The maximum atomic E-state index is 13.1. The van der Waals surface area contributed by atoms with Crippen LogP contribution in [0.25, 0.3) is 0 Å². The number of rotatable bonds is 6. The van der Waals surface area contributed by atoms with Gasteiger partial charge >= 0.3 is 12.0 Å². The van der Waals surface area contributed by atoms with E-state index in [4.69, 9.17) is 4.74 Å². The smallest absolute Gasteiger partial charge is 0.338 e. The topological polar surface area (TPSA) is 122 Å². The molecule has 2 atom stereocenters. The first kappa shape index (κ1) is 25.2. The number of esters is 1. The number of amides is 3. The fourth-order valence-electron chi connectivity index (χ4n) is 4.58. The zero-order valence-corrected chi connectivity index (χ0v) is 20.0. The first-order valence-electron chi connectivity index (χ1n) is 11.5. The van der Waals surface area contributed by atoms with Gasteiger partial charge in [-0.25, -0.2) is 18.0 Å². The van der Waals surface area contributed by atoms with Crippen molar-refractivity contribution in [1.82, 2.24) is 14.9 Å². The molecule has 1 aliphatic carbocycles. The molecule has 9 nitrogen and oxygen atoms in total. The molecule has 0 bridgehead atoms. The van der Waals surface area contributed by atoms with E-state index in [-0.39, 0.29) is 28.3 Å². The molecule has 0 aromatic heterocycles. The van der Waals surface area contributed by atoms with Crippen LogP contribution in [0.3, 0.4) is 0 Å². The third-order valence-corrected chi connectivity index (χ3v) is 7.90. The van der Waals surface area contributed by atoms with Crippen LogP contribution in [0.15, 0.2) is 29.2 Å². The highest BCUT2D eigenvalue weighted by Crippen LogP contribution is 2.27. The van der Waals surface area contributed by atoms with Crippen molar-refractivity contribution in [1.29, 1.82) is 0 Å². The molecule has 3 amide bonds. The van der Waals surface area contributed by atoms with Crippen LogP contribution in [-0.2, 0) is 19.6 Å². The minimum absolute atomic E-state index is 0.00885. The number of ether oxygens (including phenoxy) is 1. The van der Waals surface area contributed by atoms with Gasteiger partial charge in [-0.2, -0.15) is 4.31 Å². The van der Waals surface area contributed by atoms with E-state index in [9.17, 15) is 22.8 Å². The largest absolute Gasteiger partial charge is 0.452 e. The van der Waals surface area contributed by atoms with Gasteiger partial charge in [0, 0.05) is 19.1 Å². The molecule has 2 unspecified atom stereocenters. The van der Waals surface area contributed by atoms with Gasteiger partial charge in [-0.05, 0) is 49.3 Å². The number of hydrogen-bond donors (Lipinski definition) is 2. The summed E-state index contributed by atoms with van der Waals surface area (Å²) >= 11 is 0. The molecule has 1 aliphatic heterocycles. The molecule has 33 heavy (non-hydrogen) atoms. The second kappa shape index (κ2) is 11.1. The lowest BCUT2D eigenvalue weighted by Crippen LogP contribution is -2.46. The average Bonchev–Trinajstić information content (AvgIpc) is 2.77. The highest BCUT2D eigenvalue weighted by molar-refractivity contribution is 7.89. The van der Waals surface area contributed by atoms with E-state index in [1.165, 1.54) is 28.6 Å². The van der Waals surface area contributed by atoms with Crippen LogP contribution >= 0.6 is 0 Å². The van der Waals surface area contributed by atoms with Crippen molar-refractivity contribution < 1.29 is 27.5 Å². The van der Waals surface area contributed by atoms with E-state index in [2.05, 4.69) is 10.6 Å². The Morgan fingerprint density at radius 1 is 1.06 bits per heavy atom. The van der Waals surface area contributed by atoms with Gasteiger partial charge in [-0.1, -0.05) is 39.2 Å². The Morgan fingerprint density at radius 2 is 1.73 bits per heavy atom. The summed E-state index contributed by atoms with van der Waals surface area (Å²) in [4.78, 5) is 36.3. The number of nitrogens with one attached hydrogen (secondary N) is 2. The molecule has 1 aromatic carbocycles. The molecule has 2 aliphatic rings. The number of urea groups is 1. The van der Waals surface area contributed by atoms with E-state index in [1.807, 2.05) is 13.8 Å². The summed E-state index contributed by atoms with van der Waals surface area (Å²) < 4.78 is 32.6. The fourth-order valence-corrected chi connectivity index (χ4v) is 6.31. The van der Waals surface area contributed by atoms with E-state index >= 15 is 0 Å². The molecule has 0 radical (unpaired) electrons. The van der Waals surface area contributed by atoms with Crippen LogP contribution < -0.4 is 10.6 Å². The van der Waals surface area contributed by atoms with Crippen molar-refractivity contribution in [3.05, 3.63) is 29.8 Å². The monoisotopic (exact) mass is 479 g/mol. The molecule has 1 saturated carbocycles. The normalized spacial score (nSPS) is 22.4. The number of nitrogens with zero attached hydrogens (tertiary/aromatic N) is 1. The van der Waals surface area contributed by atoms with E-state index in [0.717, 1.165) is 38.5 Å². The predicted octanol–water partition coefficient (Wildman–Crippen LogP) is 2.67. The zero-order valence-electron chi connectivity index (χ0n) is 19.2. The lowest BCUT2D eigenvalue weighted by Gasteiger charge is -2.34. The maximum Gasteiger partial charge on any atom is 0.338 e. The Labute approximate surface area is 195 Å². The van der Waals surface area contributed by atoms with Gasteiger partial charge in [-0.3, -0.25) is 10.1 Å². The van der Waals surface area contributed by atoms with Crippen LogP contribution in [0.4, 0.5) is 4.79 Å². The van der Waals surface area contributed by atoms with Gasteiger partial charge in [0.2, 0.25) is 10.0 Å². The van der Waals surface area contributed by atoms with Crippen molar-refractivity contribution in [2.45, 2.75) is 63.3 Å². The number of carbonyl (C=O) groups is 3. The molecular weight excluding hydrogens is 446 g/mol. The first-order chi connectivity index (χ1) is 15.6. The quantitative estimate of drug-likeness (QED) is 0.605. The molecule has 182 valence electrons. The van der Waals surface area contributed by atoms with Crippen molar-refractivity contribution in [3.63, 3.8) is 0 Å². The number of benzene rings is 1. The van der Waals surface area contributed by atoms with Crippen LogP contribution in [0.5, 0.6) is 0 Å². The van der Waals surface area contributed by atoms with Gasteiger partial charge < -0.3 is 10.1 Å². The van der Waals surface area contributed by atoms with Crippen molar-refractivity contribution in [2.24, 2.45) is 11.8 Å². The first-order valence-corrected chi connectivity index (χ1v) is 13.0. The Bertz CT molecular complexity index is 964.